The summed E-state index contributed by atoms with van der Waals surface area (Å²) in [6.45, 7) is 0. The normalized spacial score (nSPS) is 10.1. The minimum Gasteiger partial charge on any atom is -0.507 e. The SMILES string of the molecule is COC(=O)c1cn(-c2cnccn2)c(=O)cc1O. The van der Waals surface area contributed by atoms with Crippen LogP contribution >= 0.6 is 0 Å². The van der Waals surface area contributed by atoms with Gasteiger partial charge in [0.05, 0.1) is 13.3 Å². The first-order valence-electron chi connectivity index (χ1n) is 4.94. The molecule has 2 rings (SSSR count). The van der Waals surface area contributed by atoms with Crippen LogP contribution in [0.5, 0.6) is 5.75 Å². The Morgan fingerprint density at radius 2 is 2.22 bits per heavy atom. The van der Waals surface area contributed by atoms with Crippen molar-refractivity contribution in [1.29, 1.82) is 0 Å². The average molecular weight is 247 g/mol. The summed E-state index contributed by atoms with van der Waals surface area (Å²) < 4.78 is 5.59. The number of carbonyl (C=O) groups is 1. The lowest BCUT2D eigenvalue weighted by atomic mass is 10.2. The van der Waals surface area contributed by atoms with Crippen molar-refractivity contribution in [3.63, 3.8) is 0 Å². The maximum absolute atomic E-state index is 11.7. The van der Waals surface area contributed by atoms with Crippen LogP contribution in [-0.4, -0.2) is 32.7 Å². The van der Waals surface area contributed by atoms with Crippen LogP contribution < -0.4 is 5.56 Å². The van der Waals surface area contributed by atoms with Gasteiger partial charge >= 0.3 is 5.97 Å². The van der Waals surface area contributed by atoms with Gasteiger partial charge in [-0.2, -0.15) is 0 Å². The van der Waals surface area contributed by atoms with Crippen LogP contribution in [0.2, 0.25) is 0 Å². The molecule has 1 N–H and O–H groups in total. The van der Waals surface area contributed by atoms with Crippen molar-refractivity contribution in [3.05, 3.63) is 46.8 Å². The van der Waals surface area contributed by atoms with Crippen molar-refractivity contribution in [2.75, 3.05) is 7.11 Å². The van der Waals surface area contributed by atoms with E-state index in [9.17, 15) is 14.7 Å². The minimum atomic E-state index is -0.745. The number of aromatic nitrogens is 3. The molecule has 0 fully saturated rings. The zero-order valence-corrected chi connectivity index (χ0v) is 9.40. The van der Waals surface area contributed by atoms with Gasteiger partial charge in [-0.1, -0.05) is 0 Å². The Morgan fingerprint density at radius 3 is 2.83 bits per heavy atom. The Morgan fingerprint density at radius 1 is 1.44 bits per heavy atom. The van der Waals surface area contributed by atoms with E-state index in [-0.39, 0.29) is 11.4 Å². The number of methoxy groups -OCH3 is 1. The highest BCUT2D eigenvalue weighted by Gasteiger charge is 2.15. The van der Waals surface area contributed by atoms with Crippen LogP contribution in [0.15, 0.2) is 35.6 Å². The monoisotopic (exact) mass is 247 g/mol. The third kappa shape index (κ3) is 2.05. The van der Waals surface area contributed by atoms with Crippen molar-refractivity contribution in [3.8, 4) is 11.6 Å². The second-order valence-corrected chi connectivity index (χ2v) is 3.34. The van der Waals surface area contributed by atoms with Crippen molar-refractivity contribution in [1.82, 2.24) is 14.5 Å². The molecule has 0 aromatic carbocycles. The van der Waals surface area contributed by atoms with Gasteiger partial charge in [0.1, 0.15) is 11.3 Å². The molecule has 2 aromatic rings. The molecule has 0 spiro atoms. The van der Waals surface area contributed by atoms with E-state index in [0.717, 1.165) is 16.8 Å². The summed E-state index contributed by atoms with van der Waals surface area (Å²) in [6.07, 6.45) is 5.38. The Balaban J connectivity index is 2.63. The van der Waals surface area contributed by atoms with E-state index in [2.05, 4.69) is 14.7 Å². The van der Waals surface area contributed by atoms with Crippen LogP contribution in [0.3, 0.4) is 0 Å². The van der Waals surface area contributed by atoms with Gasteiger partial charge in [0.2, 0.25) is 0 Å². The topological polar surface area (TPSA) is 94.3 Å². The summed E-state index contributed by atoms with van der Waals surface area (Å²) in [6, 6.07) is 0.918. The standard InChI is InChI=1S/C11H9N3O4/c1-18-11(17)7-6-14(10(16)4-8(7)15)9-5-12-2-3-13-9/h2-6,15H,1H3. The van der Waals surface area contributed by atoms with Crippen LogP contribution in [0.1, 0.15) is 10.4 Å². The first-order valence-corrected chi connectivity index (χ1v) is 4.94. The Bertz CT molecular complexity index is 636. The van der Waals surface area contributed by atoms with E-state index >= 15 is 0 Å². The quantitative estimate of drug-likeness (QED) is 0.757. The fourth-order valence-electron chi connectivity index (χ4n) is 1.38. The van der Waals surface area contributed by atoms with E-state index in [0.29, 0.717) is 0 Å². The van der Waals surface area contributed by atoms with Crippen LogP contribution in [-0.2, 0) is 4.74 Å². The lowest BCUT2D eigenvalue weighted by Crippen LogP contribution is -2.20. The summed E-state index contributed by atoms with van der Waals surface area (Å²) >= 11 is 0. The largest absolute Gasteiger partial charge is 0.507 e. The molecule has 7 nitrogen and oxygen atoms in total. The zero-order chi connectivity index (χ0) is 13.1. The molecule has 0 saturated heterocycles. The molecule has 7 heteroatoms. The number of aromatic hydroxyl groups is 1. The fraction of sp³-hybridized carbons (Fsp3) is 0.0909. The molecule has 0 unspecified atom stereocenters. The number of nitrogens with zero attached hydrogens (tertiary/aromatic N) is 3. The number of hydrogen-bond acceptors (Lipinski definition) is 6. The van der Waals surface area contributed by atoms with E-state index in [1.807, 2.05) is 0 Å². The molecule has 0 amide bonds. The summed E-state index contributed by atoms with van der Waals surface area (Å²) in [7, 11) is 1.18. The maximum Gasteiger partial charge on any atom is 0.343 e. The Hall–Kier alpha value is -2.70. The third-order valence-electron chi connectivity index (χ3n) is 2.23. The molecule has 2 heterocycles. The molecule has 0 aliphatic heterocycles. The second kappa shape index (κ2) is 4.66. The van der Waals surface area contributed by atoms with Gasteiger partial charge in [-0.05, 0) is 0 Å². The Labute approximate surface area is 101 Å². The van der Waals surface area contributed by atoms with Crippen LogP contribution in [0.4, 0.5) is 0 Å². The highest BCUT2D eigenvalue weighted by molar-refractivity contribution is 5.91. The zero-order valence-electron chi connectivity index (χ0n) is 9.40. The van der Waals surface area contributed by atoms with E-state index in [1.54, 1.807) is 0 Å². The predicted molar refractivity (Wildman–Crippen MR) is 60.6 cm³/mol. The highest BCUT2D eigenvalue weighted by Crippen LogP contribution is 2.15. The summed E-state index contributed by atoms with van der Waals surface area (Å²) in [5, 5.41) is 9.51. The van der Waals surface area contributed by atoms with E-state index in [4.69, 9.17) is 0 Å². The smallest absolute Gasteiger partial charge is 0.343 e. The molecule has 0 aliphatic rings. The molecule has 0 radical (unpaired) electrons. The van der Waals surface area contributed by atoms with Crippen molar-refractivity contribution in [2.45, 2.75) is 0 Å². The second-order valence-electron chi connectivity index (χ2n) is 3.34. The Kier molecular flexibility index (Phi) is 3.05. The van der Waals surface area contributed by atoms with Crippen molar-refractivity contribution >= 4 is 5.97 Å². The molecule has 18 heavy (non-hydrogen) atoms. The minimum absolute atomic E-state index is 0.122. The van der Waals surface area contributed by atoms with Gasteiger partial charge < -0.3 is 9.84 Å². The molecular weight excluding hydrogens is 238 g/mol. The summed E-state index contributed by atoms with van der Waals surface area (Å²) in [5.74, 6) is -0.940. The van der Waals surface area contributed by atoms with Gasteiger partial charge in [0.15, 0.2) is 5.82 Å². The van der Waals surface area contributed by atoms with Gasteiger partial charge in [0.25, 0.3) is 5.56 Å². The van der Waals surface area contributed by atoms with Gasteiger partial charge in [-0.25, -0.2) is 9.78 Å². The number of rotatable bonds is 2. The van der Waals surface area contributed by atoms with E-state index in [1.165, 1.54) is 25.7 Å². The first-order chi connectivity index (χ1) is 8.63. The molecule has 0 bridgehead atoms. The lowest BCUT2D eigenvalue weighted by molar-refractivity contribution is 0.0596. The number of carbonyl (C=O) groups excluding carboxylic acids is 1. The van der Waals surface area contributed by atoms with Crippen LogP contribution in [0, 0.1) is 0 Å². The van der Waals surface area contributed by atoms with Gasteiger partial charge in [-0.3, -0.25) is 14.3 Å². The number of esters is 1. The number of ether oxygens (including phenoxy) is 1. The van der Waals surface area contributed by atoms with Gasteiger partial charge in [0, 0.05) is 24.7 Å². The molecule has 92 valence electrons. The molecule has 0 aliphatic carbocycles. The molecule has 2 aromatic heterocycles. The fourth-order valence-corrected chi connectivity index (χ4v) is 1.38. The average Bonchev–Trinajstić information content (AvgIpc) is 2.39. The first kappa shape index (κ1) is 11.8. The lowest BCUT2D eigenvalue weighted by Gasteiger charge is -2.07. The number of pyridine rings is 1. The van der Waals surface area contributed by atoms with Crippen LogP contribution in [0.25, 0.3) is 5.82 Å². The molecular formula is C11H9N3O4. The molecule has 0 atom stereocenters. The summed E-state index contributed by atoms with van der Waals surface area (Å²) in [4.78, 5) is 30.8. The van der Waals surface area contributed by atoms with Crippen molar-refractivity contribution < 1.29 is 14.6 Å². The molecule has 0 saturated carbocycles. The van der Waals surface area contributed by atoms with Crippen molar-refractivity contribution in [2.24, 2.45) is 0 Å². The highest BCUT2D eigenvalue weighted by atomic mass is 16.5. The third-order valence-corrected chi connectivity index (χ3v) is 2.23. The van der Waals surface area contributed by atoms with Gasteiger partial charge in [-0.15, -0.1) is 0 Å². The van der Waals surface area contributed by atoms with E-state index < -0.39 is 17.3 Å². The predicted octanol–water partition coefficient (Wildman–Crippen LogP) is 0.120. The summed E-state index contributed by atoms with van der Waals surface area (Å²) in [5.41, 5.74) is -0.650. The number of hydrogen-bond donors (Lipinski definition) is 1. The maximum atomic E-state index is 11.7.